The molecule has 0 unspecified atom stereocenters. The van der Waals surface area contributed by atoms with Crippen LogP contribution in [0.1, 0.15) is 5.56 Å². The molecule has 0 aromatic carbocycles. The van der Waals surface area contributed by atoms with Gasteiger partial charge in [-0.15, -0.1) is 0 Å². The molecule has 0 aliphatic heterocycles. The van der Waals surface area contributed by atoms with Gasteiger partial charge in [0.25, 0.3) is 0 Å². The quantitative estimate of drug-likeness (QED) is 0.470. The standard InChI is InChI=1S/C17H13F3N4O2S/c1-27-5-4-25-15-6-11(17(18,19)20)10-2-3-14-22-12(13-7-21-9-26-13)8-24(14)16(10)23-15/h2-3,6-9H,4-5H2,1H3. The predicted molar refractivity (Wildman–Crippen MR) is 94.9 cm³/mol. The minimum atomic E-state index is -4.54. The lowest BCUT2D eigenvalue weighted by atomic mass is 10.1. The second-order valence-corrected chi connectivity index (χ2v) is 6.62. The van der Waals surface area contributed by atoms with Gasteiger partial charge in [-0.25, -0.2) is 9.97 Å². The number of ether oxygens (including phenoxy) is 1. The Morgan fingerprint density at radius 2 is 2.11 bits per heavy atom. The Labute approximate surface area is 155 Å². The van der Waals surface area contributed by atoms with Gasteiger partial charge in [-0.1, -0.05) is 0 Å². The van der Waals surface area contributed by atoms with Gasteiger partial charge >= 0.3 is 6.18 Å². The highest BCUT2D eigenvalue weighted by Gasteiger charge is 2.34. The number of halogens is 3. The molecule has 4 rings (SSSR count). The van der Waals surface area contributed by atoms with Crippen molar-refractivity contribution < 1.29 is 22.3 Å². The predicted octanol–water partition coefficient (Wildman–Crippen LogP) is 4.30. The van der Waals surface area contributed by atoms with E-state index in [0.29, 0.717) is 22.9 Å². The van der Waals surface area contributed by atoms with Gasteiger partial charge in [0.1, 0.15) is 17.0 Å². The molecule has 0 amide bonds. The van der Waals surface area contributed by atoms with E-state index in [1.807, 2.05) is 6.26 Å². The fourth-order valence-electron chi connectivity index (χ4n) is 2.71. The van der Waals surface area contributed by atoms with Gasteiger partial charge in [0.05, 0.1) is 18.4 Å². The second-order valence-electron chi connectivity index (χ2n) is 5.64. The smallest absolute Gasteiger partial charge is 0.417 e. The van der Waals surface area contributed by atoms with E-state index in [2.05, 4.69) is 15.0 Å². The molecule has 27 heavy (non-hydrogen) atoms. The molecule has 0 aliphatic rings. The molecule has 0 radical (unpaired) electrons. The summed E-state index contributed by atoms with van der Waals surface area (Å²) in [6.07, 6.45) is 1.65. The Morgan fingerprint density at radius 1 is 1.26 bits per heavy atom. The van der Waals surface area contributed by atoms with Crippen molar-refractivity contribution in [2.75, 3.05) is 18.6 Å². The number of hydrogen-bond donors (Lipinski definition) is 0. The van der Waals surface area contributed by atoms with Crippen LogP contribution in [0.25, 0.3) is 28.1 Å². The summed E-state index contributed by atoms with van der Waals surface area (Å²) in [5, 5.41) is -0.0336. The summed E-state index contributed by atoms with van der Waals surface area (Å²) in [7, 11) is 0. The van der Waals surface area contributed by atoms with Crippen LogP contribution in [-0.2, 0) is 6.18 Å². The molecule has 140 valence electrons. The second kappa shape index (κ2) is 6.76. The average molecular weight is 394 g/mol. The fourth-order valence-corrected chi connectivity index (χ4v) is 2.96. The zero-order valence-electron chi connectivity index (χ0n) is 14.0. The summed E-state index contributed by atoms with van der Waals surface area (Å²) in [6.45, 7) is 0.264. The molecule has 0 fully saturated rings. The first-order chi connectivity index (χ1) is 13.0. The number of thioether (sulfide) groups is 1. The van der Waals surface area contributed by atoms with Crippen molar-refractivity contribution in [3.63, 3.8) is 0 Å². The maximum absolute atomic E-state index is 13.6. The van der Waals surface area contributed by atoms with Crippen molar-refractivity contribution in [2.45, 2.75) is 6.18 Å². The third-order valence-electron chi connectivity index (χ3n) is 3.90. The normalized spacial score (nSPS) is 12.1. The van der Waals surface area contributed by atoms with Gasteiger partial charge in [-0.2, -0.15) is 29.9 Å². The summed E-state index contributed by atoms with van der Waals surface area (Å²) in [4.78, 5) is 12.5. The monoisotopic (exact) mass is 394 g/mol. The van der Waals surface area contributed by atoms with Crippen LogP contribution in [0.5, 0.6) is 5.88 Å². The van der Waals surface area contributed by atoms with E-state index in [-0.39, 0.29) is 23.5 Å². The van der Waals surface area contributed by atoms with Crippen LogP contribution in [0.4, 0.5) is 13.2 Å². The molecule has 0 bridgehead atoms. The molecule has 10 heteroatoms. The summed E-state index contributed by atoms with van der Waals surface area (Å²) in [5.41, 5.74) is 0.197. The van der Waals surface area contributed by atoms with Crippen LogP contribution in [0.3, 0.4) is 0 Å². The maximum atomic E-state index is 13.6. The largest absolute Gasteiger partial charge is 0.477 e. The summed E-state index contributed by atoms with van der Waals surface area (Å²) < 4.78 is 52.9. The Bertz CT molecular complexity index is 1090. The fraction of sp³-hybridized carbons (Fsp3) is 0.235. The van der Waals surface area contributed by atoms with E-state index in [0.717, 1.165) is 6.07 Å². The molecule has 4 aromatic rings. The maximum Gasteiger partial charge on any atom is 0.417 e. The van der Waals surface area contributed by atoms with Gasteiger partial charge in [0.2, 0.25) is 5.88 Å². The molecule has 0 N–H and O–H groups in total. The van der Waals surface area contributed by atoms with Gasteiger partial charge in [0, 0.05) is 23.4 Å². The first-order valence-electron chi connectivity index (χ1n) is 7.88. The number of hydrogen-bond acceptors (Lipinski definition) is 6. The van der Waals surface area contributed by atoms with Crippen LogP contribution < -0.4 is 4.74 Å². The van der Waals surface area contributed by atoms with Crippen molar-refractivity contribution in [1.29, 1.82) is 0 Å². The number of imidazole rings is 1. The van der Waals surface area contributed by atoms with Gasteiger partial charge in [-0.05, 0) is 18.4 Å². The minimum Gasteiger partial charge on any atom is -0.477 e. The van der Waals surface area contributed by atoms with E-state index in [9.17, 15) is 13.2 Å². The third-order valence-corrected chi connectivity index (χ3v) is 4.48. The first kappa shape index (κ1) is 17.7. The Balaban J connectivity index is 1.93. The van der Waals surface area contributed by atoms with E-state index in [4.69, 9.17) is 9.15 Å². The number of pyridine rings is 2. The molecule has 0 saturated heterocycles. The Kier molecular flexibility index (Phi) is 4.42. The topological polar surface area (TPSA) is 65.5 Å². The molecular formula is C17H13F3N4O2S. The summed E-state index contributed by atoms with van der Waals surface area (Å²) in [5.74, 6) is 0.980. The molecule has 0 atom stereocenters. The molecule has 0 spiro atoms. The van der Waals surface area contributed by atoms with Crippen molar-refractivity contribution >= 4 is 28.4 Å². The lowest BCUT2D eigenvalue weighted by Gasteiger charge is -2.13. The van der Waals surface area contributed by atoms with E-state index >= 15 is 0 Å². The van der Waals surface area contributed by atoms with Crippen LogP contribution in [0.15, 0.2) is 41.4 Å². The van der Waals surface area contributed by atoms with Crippen LogP contribution in [0, 0.1) is 0 Å². The zero-order valence-corrected chi connectivity index (χ0v) is 14.8. The molecule has 0 aliphatic carbocycles. The molecule has 0 saturated carbocycles. The van der Waals surface area contributed by atoms with Gasteiger partial charge < -0.3 is 9.15 Å². The number of rotatable bonds is 5. The average Bonchev–Trinajstić information content (AvgIpc) is 3.29. The zero-order chi connectivity index (χ0) is 19.0. The number of oxazole rings is 1. The number of alkyl halides is 3. The van der Waals surface area contributed by atoms with Crippen molar-refractivity contribution in [3.05, 3.63) is 42.5 Å². The van der Waals surface area contributed by atoms with Gasteiger partial charge in [0.15, 0.2) is 12.2 Å². The lowest BCUT2D eigenvalue weighted by Crippen LogP contribution is -2.10. The summed E-state index contributed by atoms with van der Waals surface area (Å²) in [6, 6.07) is 3.81. The van der Waals surface area contributed by atoms with Crippen LogP contribution in [0.2, 0.25) is 0 Å². The van der Waals surface area contributed by atoms with Crippen LogP contribution >= 0.6 is 11.8 Å². The SMILES string of the molecule is CSCCOc1cc(C(F)(F)F)c2ccc3nc(-c4cnco4)cn3c2n1. The molecule has 4 aromatic heterocycles. The van der Waals surface area contributed by atoms with Gasteiger partial charge in [-0.3, -0.25) is 4.40 Å². The van der Waals surface area contributed by atoms with Crippen molar-refractivity contribution in [2.24, 2.45) is 0 Å². The minimum absolute atomic E-state index is 0.0336. The van der Waals surface area contributed by atoms with Crippen molar-refractivity contribution in [1.82, 2.24) is 19.4 Å². The lowest BCUT2D eigenvalue weighted by molar-refractivity contribution is -0.136. The Hall–Kier alpha value is -2.75. The Morgan fingerprint density at radius 3 is 2.81 bits per heavy atom. The first-order valence-corrected chi connectivity index (χ1v) is 9.27. The molecular weight excluding hydrogens is 381 g/mol. The van der Waals surface area contributed by atoms with E-state index in [1.54, 1.807) is 6.20 Å². The highest BCUT2D eigenvalue weighted by atomic mass is 32.2. The van der Waals surface area contributed by atoms with Crippen LogP contribution in [-0.4, -0.2) is 38.0 Å². The van der Waals surface area contributed by atoms with Crippen molar-refractivity contribution in [3.8, 4) is 17.3 Å². The number of nitrogens with zero attached hydrogens (tertiary/aromatic N) is 4. The highest BCUT2D eigenvalue weighted by Crippen LogP contribution is 2.37. The number of aromatic nitrogens is 4. The summed E-state index contributed by atoms with van der Waals surface area (Å²) >= 11 is 1.53. The van der Waals surface area contributed by atoms with E-state index < -0.39 is 11.7 Å². The molecule has 4 heterocycles. The molecule has 6 nitrogen and oxygen atoms in total. The number of fused-ring (bicyclic) bond motifs is 3. The third kappa shape index (κ3) is 3.32. The van der Waals surface area contributed by atoms with E-state index in [1.165, 1.54) is 40.9 Å². The highest BCUT2D eigenvalue weighted by molar-refractivity contribution is 7.98.